The fourth-order valence-corrected chi connectivity index (χ4v) is 3.86. The van der Waals surface area contributed by atoms with Gasteiger partial charge in [0.25, 0.3) is 5.82 Å². The monoisotopic (exact) mass is 486 g/mol. The van der Waals surface area contributed by atoms with Gasteiger partial charge in [0, 0.05) is 17.4 Å². The zero-order chi connectivity index (χ0) is 18.6. The lowest BCUT2D eigenvalue weighted by molar-refractivity contribution is -0.704. The van der Waals surface area contributed by atoms with Crippen LogP contribution in [0.2, 0.25) is 0 Å². The Kier molecular flexibility index (Phi) is 6.94. The van der Waals surface area contributed by atoms with Crippen LogP contribution in [0.1, 0.15) is 49.9 Å². The highest BCUT2D eigenvalue weighted by molar-refractivity contribution is 5.78. The molecule has 0 spiro atoms. The summed E-state index contributed by atoms with van der Waals surface area (Å²) in [6.45, 7) is 5.54. The zero-order valence-corrected chi connectivity index (χ0v) is 18.7. The van der Waals surface area contributed by atoms with Crippen molar-refractivity contribution < 1.29 is 33.0 Å². The number of nitrogens with zero attached hydrogens (tertiary/aromatic N) is 2. The zero-order valence-electron chi connectivity index (χ0n) is 16.5. The van der Waals surface area contributed by atoms with Crippen molar-refractivity contribution in [3.63, 3.8) is 0 Å². The number of hydrogen-bond donors (Lipinski definition) is 0. The van der Waals surface area contributed by atoms with E-state index in [0.717, 1.165) is 29.7 Å². The van der Waals surface area contributed by atoms with Crippen molar-refractivity contribution in [3.8, 4) is 0 Å². The summed E-state index contributed by atoms with van der Waals surface area (Å²) in [5.41, 5.74) is 2.18. The largest absolute Gasteiger partial charge is 1.00 e. The molecular formula is C24H27IN2O. The van der Waals surface area contributed by atoms with Gasteiger partial charge in [-0.25, -0.2) is 9.13 Å². The minimum atomic E-state index is 0. The first kappa shape index (κ1) is 20.6. The van der Waals surface area contributed by atoms with Crippen molar-refractivity contribution >= 4 is 11.0 Å². The van der Waals surface area contributed by atoms with Crippen LogP contribution in [-0.2, 0) is 13.0 Å². The first-order valence-electron chi connectivity index (χ1n) is 9.94. The summed E-state index contributed by atoms with van der Waals surface area (Å²) >= 11 is 0. The maximum Gasteiger partial charge on any atom is 0.257 e. The van der Waals surface area contributed by atoms with E-state index < -0.39 is 0 Å². The summed E-state index contributed by atoms with van der Waals surface area (Å²) in [5.74, 6) is 2.31. The average Bonchev–Trinajstić information content (AvgIpc) is 3.31. The molecule has 4 rings (SSSR count). The minimum absolute atomic E-state index is 0. The van der Waals surface area contributed by atoms with E-state index in [-0.39, 0.29) is 30.0 Å². The lowest BCUT2D eigenvalue weighted by Gasteiger charge is -2.14. The van der Waals surface area contributed by atoms with Crippen LogP contribution in [0, 0.1) is 0 Å². The summed E-state index contributed by atoms with van der Waals surface area (Å²) in [6.07, 6.45) is 7.81. The molecule has 0 N–H and O–H groups in total. The second-order valence-corrected chi connectivity index (χ2v) is 7.02. The number of imidazole rings is 1. The van der Waals surface area contributed by atoms with Crippen LogP contribution in [0.3, 0.4) is 0 Å². The SMILES string of the molecule is CCCC[n+]1ccn(C(c2ccccc2)c2cc3ccccc3o2)c1CC.[I-]. The summed E-state index contributed by atoms with van der Waals surface area (Å²) in [5, 5.41) is 1.15. The van der Waals surface area contributed by atoms with Gasteiger partial charge in [0.15, 0.2) is 11.8 Å². The van der Waals surface area contributed by atoms with Crippen LogP contribution >= 0.6 is 0 Å². The predicted molar refractivity (Wildman–Crippen MR) is 109 cm³/mol. The van der Waals surface area contributed by atoms with Crippen molar-refractivity contribution in [1.29, 1.82) is 0 Å². The Morgan fingerprint density at radius 3 is 2.46 bits per heavy atom. The Morgan fingerprint density at radius 2 is 1.75 bits per heavy atom. The van der Waals surface area contributed by atoms with E-state index in [1.165, 1.54) is 24.2 Å². The van der Waals surface area contributed by atoms with Crippen LogP contribution in [0.15, 0.2) is 77.5 Å². The number of rotatable bonds is 7. The molecule has 2 aromatic heterocycles. The molecule has 0 amide bonds. The molecule has 0 radical (unpaired) electrons. The number of halogens is 1. The normalized spacial score (nSPS) is 12.1. The topological polar surface area (TPSA) is 21.9 Å². The number of fused-ring (bicyclic) bond motifs is 1. The number of hydrogen-bond acceptors (Lipinski definition) is 1. The number of aryl methyl sites for hydroxylation is 1. The highest BCUT2D eigenvalue weighted by Gasteiger charge is 2.29. The molecule has 0 aliphatic rings. The standard InChI is InChI=1S/C24H27N2O.HI/c1-3-5-15-25-16-17-26(23(25)4-2)24(19-11-7-6-8-12-19)22-18-20-13-9-10-14-21(20)27-22;/h6-14,16-18,24H,3-5,15H2,1-2H3;1H/q+1;/p-1. The molecule has 0 fully saturated rings. The quantitative estimate of drug-likeness (QED) is 0.291. The van der Waals surface area contributed by atoms with E-state index in [1.807, 2.05) is 12.1 Å². The lowest BCUT2D eigenvalue weighted by atomic mass is 10.0. The van der Waals surface area contributed by atoms with Gasteiger partial charge < -0.3 is 28.4 Å². The van der Waals surface area contributed by atoms with Crippen LogP contribution in [0.25, 0.3) is 11.0 Å². The van der Waals surface area contributed by atoms with Gasteiger partial charge >= 0.3 is 0 Å². The molecule has 4 heteroatoms. The van der Waals surface area contributed by atoms with Crippen LogP contribution in [-0.4, -0.2) is 4.57 Å². The molecule has 0 aliphatic carbocycles. The molecule has 0 bridgehead atoms. The van der Waals surface area contributed by atoms with Crippen molar-refractivity contribution in [2.24, 2.45) is 0 Å². The third kappa shape index (κ3) is 4.02. The Labute approximate surface area is 184 Å². The third-order valence-electron chi connectivity index (χ3n) is 5.21. The van der Waals surface area contributed by atoms with Gasteiger partial charge in [-0.05, 0) is 18.6 Å². The van der Waals surface area contributed by atoms with Crippen molar-refractivity contribution in [2.45, 2.75) is 45.7 Å². The van der Waals surface area contributed by atoms with Crippen LogP contribution < -0.4 is 28.5 Å². The second-order valence-electron chi connectivity index (χ2n) is 7.02. The van der Waals surface area contributed by atoms with Crippen LogP contribution in [0.4, 0.5) is 0 Å². The first-order chi connectivity index (χ1) is 13.3. The van der Waals surface area contributed by atoms with E-state index >= 15 is 0 Å². The maximum atomic E-state index is 6.30. The Balaban J connectivity index is 0.00000225. The molecule has 1 atom stereocenters. The molecule has 2 heterocycles. The second kappa shape index (κ2) is 9.41. The van der Waals surface area contributed by atoms with E-state index in [4.69, 9.17) is 4.42 Å². The molecule has 3 nitrogen and oxygen atoms in total. The summed E-state index contributed by atoms with van der Waals surface area (Å²) in [4.78, 5) is 0. The van der Waals surface area contributed by atoms with Gasteiger partial charge in [-0.15, -0.1) is 0 Å². The average molecular weight is 486 g/mol. The van der Waals surface area contributed by atoms with Gasteiger partial charge in [-0.1, -0.05) is 68.8 Å². The van der Waals surface area contributed by atoms with Crippen molar-refractivity contribution in [1.82, 2.24) is 4.57 Å². The van der Waals surface area contributed by atoms with E-state index in [2.05, 4.69) is 83.9 Å². The van der Waals surface area contributed by atoms with Gasteiger partial charge in [-0.2, -0.15) is 0 Å². The minimum Gasteiger partial charge on any atom is -1.00 e. The van der Waals surface area contributed by atoms with Crippen molar-refractivity contribution in [2.75, 3.05) is 0 Å². The number of furan rings is 1. The maximum absolute atomic E-state index is 6.30. The lowest BCUT2D eigenvalue weighted by Crippen LogP contribution is -3.00. The smallest absolute Gasteiger partial charge is 0.257 e. The molecule has 1 unspecified atom stereocenters. The number of benzene rings is 2. The van der Waals surface area contributed by atoms with Gasteiger partial charge in [0.2, 0.25) is 0 Å². The molecule has 146 valence electrons. The molecule has 2 aromatic carbocycles. The number of unbranched alkanes of at least 4 members (excludes halogenated alkanes) is 1. The van der Waals surface area contributed by atoms with Gasteiger partial charge in [0.05, 0.1) is 6.54 Å². The fourth-order valence-electron chi connectivity index (χ4n) is 3.86. The fraction of sp³-hybridized carbons (Fsp3) is 0.292. The molecule has 0 saturated carbocycles. The molecular weight excluding hydrogens is 459 g/mol. The summed E-state index contributed by atoms with van der Waals surface area (Å²) in [6, 6.07) is 21.1. The van der Waals surface area contributed by atoms with Gasteiger partial charge in [0.1, 0.15) is 18.0 Å². The predicted octanol–water partition coefficient (Wildman–Crippen LogP) is 2.53. The number of para-hydroxylation sites is 1. The molecule has 0 saturated heterocycles. The molecule has 28 heavy (non-hydrogen) atoms. The summed E-state index contributed by atoms with van der Waals surface area (Å²) < 4.78 is 11.1. The number of aromatic nitrogens is 2. The van der Waals surface area contributed by atoms with Crippen LogP contribution in [0.5, 0.6) is 0 Å². The van der Waals surface area contributed by atoms with Crippen molar-refractivity contribution in [3.05, 3.63) is 90.2 Å². The highest BCUT2D eigenvalue weighted by atomic mass is 127. The highest BCUT2D eigenvalue weighted by Crippen LogP contribution is 2.32. The summed E-state index contributed by atoms with van der Waals surface area (Å²) in [7, 11) is 0. The molecule has 0 aliphatic heterocycles. The first-order valence-corrected chi connectivity index (χ1v) is 9.94. The third-order valence-corrected chi connectivity index (χ3v) is 5.21. The van der Waals surface area contributed by atoms with E-state index in [0.29, 0.717) is 0 Å². The van der Waals surface area contributed by atoms with E-state index in [9.17, 15) is 0 Å². The Morgan fingerprint density at radius 1 is 1.00 bits per heavy atom. The van der Waals surface area contributed by atoms with Gasteiger partial charge in [-0.3, -0.25) is 0 Å². The Hall–Kier alpha value is -2.08. The van der Waals surface area contributed by atoms with E-state index in [1.54, 1.807) is 0 Å². The Bertz CT molecular complexity index is 986. The molecule has 4 aromatic rings.